The van der Waals surface area contributed by atoms with Crippen LogP contribution < -0.4 is 5.14 Å². The highest BCUT2D eigenvalue weighted by Crippen LogP contribution is 2.30. The molecule has 1 fully saturated rings. The third-order valence-corrected chi connectivity index (χ3v) is 1.69. The Kier molecular flexibility index (Phi) is 1.37. The van der Waals surface area contributed by atoms with Gasteiger partial charge >= 0.3 is 0 Å². The molecule has 1 saturated carbocycles. The van der Waals surface area contributed by atoms with Gasteiger partial charge in [0.25, 0.3) is 0 Å². The van der Waals surface area contributed by atoms with Crippen LogP contribution in [0.25, 0.3) is 0 Å². The molecule has 2 N–H and O–H groups in total. The molecule has 1 nitrogen and oxygen atoms in total. The van der Waals surface area contributed by atoms with Crippen LogP contribution in [0.15, 0.2) is 0 Å². The molecule has 36 valence electrons. The van der Waals surface area contributed by atoms with E-state index in [0.717, 1.165) is 5.92 Å². The maximum atomic E-state index is 5.19. The van der Waals surface area contributed by atoms with Crippen molar-refractivity contribution in [1.82, 2.24) is 0 Å². The SMILES string of the molecule is NSCC1CC1. The predicted molar refractivity (Wildman–Crippen MR) is 29.4 cm³/mol. The van der Waals surface area contributed by atoms with Crippen LogP contribution in [-0.2, 0) is 0 Å². The van der Waals surface area contributed by atoms with Gasteiger partial charge in [-0.3, -0.25) is 5.14 Å². The van der Waals surface area contributed by atoms with Gasteiger partial charge in [-0.1, -0.05) is 11.9 Å². The minimum atomic E-state index is 0.986. The quantitative estimate of drug-likeness (QED) is 0.528. The Morgan fingerprint density at radius 2 is 2.33 bits per heavy atom. The van der Waals surface area contributed by atoms with Gasteiger partial charge in [-0.05, 0) is 18.8 Å². The minimum Gasteiger partial charge on any atom is -0.278 e. The van der Waals surface area contributed by atoms with Crippen molar-refractivity contribution in [2.45, 2.75) is 12.8 Å². The highest BCUT2D eigenvalue weighted by Gasteiger charge is 2.19. The highest BCUT2D eigenvalue weighted by atomic mass is 32.2. The average Bonchev–Trinajstić information content (AvgIpc) is 2.21. The summed E-state index contributed by atoms with van der Waals surface area (Å²) >= 11 is 1.47. The Hall–Kier alpha value is 0.310. The molecular formula is C4H9NS. The lowest BCUT2D eigenvalue weighted by molar-refractivity contribution is 1.00. The van der Waals surface area contributed by atoms with Crippen LogP contribution in [0.5, 0.6) is 0 Å². The molecule has 0 aliphatic heterocycles. The second kappa shape index (κ2) is 1.85. The van der Waals surface area contributed by atoms with E-state index in [2.05, 4.69) is 0 Å². The Bertz CT molecular complexity index is 42.8. The zero-order valence-electron chi connectivity index (χ0n) is 3.68. The van der Waals surface area contributed by atoms with Crippen LogP contribution in [-0.4, -0.2) is 5.75 Å². The Morgan fingerprint density at radius 1 is 1.67 bits per heavy atom. The second-order valence-electron chi connectivity index (χ2n) is 1.78. The van der Waals surface area contributed by atoms with Gasteiger partial charge in [0.1, 0.15) is 0 Å². The van der Waals surface area contributed by atoms with Crippen molar-refractivity contribution in [1.29, 1.82) is 0 Å². The van der Waals surface area contributed by atoms with E-state index < -0.39 is 0 Å². The fraction of sp³-hybridized carbons (Fsp3) is 1.00. The molecular weight excluding hydrogens is 94.1 g/mol. The van der Waals surface area contributed by atoms with Gasteiger partial charge in [-0.2, -0.15) is 0 Å². The molecule has 6 heavy (non-hydrogen) atoms. The minimum absolute atomic E-state index is 0.986. The summed E-state index contributed by atoms with van der Waals surface area (Å²) in [5.41, 5.74) is 0. The summed E-state index contributed by atoms with van der Waals surface area (Å²) in [5.74, 6) is 2.17. The van der Waals surface area contributed by atoms with Gasteiger partial charge < -0.3 is 0 Å². The largest absolute Gasteiger partial charge is 0.278 e. The summed E-state index contributed by atoms with van der Waals surface area (Å²) in [5, 5.41) is 5.19. The standard InChI is InChI=1S/C4H9NS/c5-6-3-4-1-2-4/h4H,1-3,5H2. The van der Waals surface area contributed by atoms with Crippen molar-refractivity contribution in [2.24, 2.45) is 11.1 Å². The molecule has 0 aromatic carbocycles. The molecule has 1 aliphatic rings. The first-order chi connectivity index (χ1) is 2.93. The first-order valence-electron chi connectivity index (χ1n) is 2.25. The summed E-state index contributed by atoms with van der Waals surface area (Å²) in [7, 11) is 0. The summed E-state index contributed by atoms with van der Waals surface area (Å²) in [6.45, 7) is 0. The van der Waals surface area contributed by atoms with Crippen LogP contribution in [0.1, 0.15) is 12.8 Å². The fourth-order valence-electron chi connectivity index (χ4n) is 0.421. The van der Waals surface area contributed by atoms with E-state index in [4.69, 9.17) is 5.14 Å². The van der Waals surface area contributed by atoms with Crippen LogP contribution in [0.3, 0.4) is 0 Å². The highest BCUT2D eigenvalue weighted by molar-refractivity contribution is 7.97. The lowest BCUT2D eigenvalue weighted by Crippen LogP contribution is -1.84. The van der Waals surface area contributed by atoms with E-state index in [0.29, 0.717) is 0 Å². The molecule has 0 heterocycles. The van der Waals surface area contributed by atoms with Crippen LogP contribution in [0.4, 0.5) is 0 Å². The van der Waals surface area contributed by atoms with Crippen molar-refractivity contribution in [3.05, 3.63) is 0 Å². The van der Waals surface area contributed by atoms with Crippen LogP contribution in [0.2, 0.25) is 0 Å². The molecule has 1 aliphatic carbocycles. The average molecular weight is 103 g/mol. The van der Waals surface area contributed by atoms with E-state index in [1.807, 2.05) is 0 Å². The van der Waals surface area contributed by atoms with Gasteiger partial charge in [0, 0.05) is 5.75 Å². The Morgan fingerprint density at radius 3 is 2.50 bits per heavy atom. The smallest absolute Gasteiger partial charge is 0.0105 e. The van der Waals surface area contributed by atoms with Crippen molar-refractivity contribution in [3.8, 4) is 0 Å². The summed E-state index contributed by atoms with van der Waals surface area (Å²) in [4.78, 5) is 0. The molecule has 0 aromatic heterocycles. The first kappa shape index (κ1) is 4.47. The molecule has 1 rings (SSSR count). The van der Waals surface area contributed by atoms with Gasteiger partial charge in [0.05, 0.1) is 0 Å². The Labute approximate surface area is 42.4 Å². The lowest BCUT2D eigenvalue weighted by atomic mass is 10.5. The third-order valence-electron chi connectivity index (χ3n) is 1.03. The number of hydrogen-bond acceptors (Lipinski definition) is 2. The van der Waals surface area contributed by atoms with Crippen molar-refractivity contribution < 1.29 is 0 Å². The fourth-order valence-corrected chi connectivity index (χ4v) is 1.03. The van der Waals surface area contributed by atoms with Crippen molar-refractivity contribution >= 4 is 11.9 Å². The van der Waals surface area contributed by atoms with E-state index in [9.17, 15) is 0 Å². The van der Waals surface area contributed by atoms with Gasteiger partial charge in [0.15, 0.2) is 0 Å². The third kappa shape index (κ3) is 1.19. The number of rotatable bonds is 2. The first-order valence-corrected chi connectivity index (χ1v) is 3.30. The topological polar surface area (TPSA) is 26.0 Å². The van der Waals surface area contributed by atoms with E-state index in [1.54, 1.807) is 0 Å². The normalized spacial score (nSPS) is 21.5. The molecule has 0 aromatic rings. The summed E-state index contributed by atoms with van der Waals surface area (Å²) in [6.07, 6.45) is 2.84. The number of hydrogen-bond donors (Lipinski definition) is 1. The van der Waals surface area contributed by atoms with Crippen LogP contribution >= 0.6 is 11.9 Å². The zero-order chi connectivity index (χ0) is 4.41. The lowest BCUT2D eigenvalue weighted by Gasteiger charge is -1.83. The van der Waals surface area contributed by atoms with Crippen molar-refractivity contribution in [2.75, 3.05) is 5.75 Å². The maximum Gasteiger partial charge on any atom is 0.0105 e. The zero-order valence-corrected chi connectivity index (χ0v) is 4.50. The molecule has 0 amide bonds. The predicted octanol–water partition coefficient (Wildman–Crippen LogP) is 1.00. The second-order valence-corrected chi connectivity index (χ2v) is 2.44. The number of nitrogens with two attached hydrogens (primary N) is 1. The molecule has 0 radical (unpaired) electrons. The maximum absolute atomic E-state index is 5.19. The molecule has 0 atom stereocenters. The van der Waals surface area contributed by atoms with Gasteiger partial charge in [-0.25, -0.2) is 0 Å². The Balaban J connectivity index is 1.88. The van der Waals surface area contributed by atoms with E-state index in [-0.39, 0.29) is 0 Å². The monoisotopic (exact) mass is 103 g/mol. The van der Waals surface area contributed by atoms with Gasteiger partial charge in [0.2, 0.25) is 0 Å². The molecule has 0 saturated heterocycles. The van der Waals surface area contributed by atoms with Crippen molar-refractivity contribution in [3.63, 3.8) is 0 Å². The van der Waals surface area contributed by atoms with E-state index in [1.165, 1.54) is 30.5 Å². The van der Waals surface area contributed by atoms with Gasteiger partial charge in [-0.15, -0.1) is 0 Å². The summed E-state index contributed by atoms with van der Waals surface area (Å²) < 4.78 is 0. The molecule has 0 spiro atoms. The van der Waals surface area contributed by atoms with Crippen LogP contribution in [0, 0.1) is 5.92 Å². The molecule has 2 heteroatoms. The summed E-state index contributed by atoms with van der Waals surface area (Å²) in [6, 6.07) is 0. The van der Waals surface area contributed by atoms with E-state index >= 15 is 0 Å². The molecule has 0 unspecified atom stereocenters. The molecule has 0 bridgehead atoms.